The van der Waals surface area contributed by atoms with Gasteiger partial charge in [0.15, 0.2) is 5.65 Å². The van der Waals surface area contributed by atoms with Crippen molar-refractivity contribution in [1.29, 1.82) is 0 Å². The van der Waals surface area contributed by atoms with Gasteiger partial charge in [-0.15, -0.1) is 0 Å². The Labute approximate surface area is 185 Å². The van der Waals surface area contributed by atoms with E-state index in [4.69, 9.17) is 0 Å². The molecular formula is C22H18BrFN4OS. The predicted molar refractivity (Wildman–Crippen MR) is 120 cm³/mol. The Morgan fingerprint density at radius 3 is 2.77 bits per heavy atom. The van der Waals surface area contributed by atoms with Crippen molar-refractivity contribution in [1.82, 2.24) is 19.9 Å². The van der Waals surface area contributed by atoms with Gasteiger partial charge in [0, 0.05) is 22.3 Å². The number of nitrogens with zero attached hydrogens (tertiary/aromatic N) is 3. The molecule has 2 aromatic carbocycles. The molecule has 0 aliphatic rings. The Balaban J connectivity index is 1.49. The van der Waals surface area contributed by atoms with E-state index in [2.05, 4.69) is 31.3 Å². The maximum Gasteiger partial charge on any atom is 0.230 e. The Morgan fingerprint density at radius 2 is 2.00 bits per heavy atom. The molecule has 0 spiro atoms. The molecule has 1 N–H and O–H groups in total. The highest BCUT2D eigenvalue weighted by Gasteiger charge is 2.14. The normalized spacial score (nSPS) is 11.0. The average Bonchev–Trinajstić information content (AvgIpc) is 3.15. The molecule has 0 atom stereocenters. The third-order valence-electron chi connectivity index (χ3n) is 4.45. The van der Waals surface area contributed by atoms with Gasteiger partial charge in [-0.3, -0.25) is 4.79 Å². The number of benzene rings is 2. The molecule has 0 fully saturated rings. The van der Waals surface area contributed by atoms with Gasteiger partial charge in [0.2, 0.25) is 5.91 Å². The summed E-state index contributed by atoms with van der Waals surface area (Å²) in [6.07, 6.45) is 1.71. The largest absolute Gasteiger partial charge is 0.351 e. The average molecular weight is 485 g/mol. The Kier molecular flexibility index (Phi) is 6.15. The van der Waals surface area contributed by atoms with Crippen LogP contribution in [0.1, 0.15) is 11.3 Å². The first-order chi connectivity index (χ1) is 14.5. The second kappa shape index (κ2) is 8.97. The summed E-state index contributed by atoms with van der Waals surface area (Å²) in [6, 6.07) is 16.0. The number of amides is 1. The number of carbonyl (C=O) groups is 1. The summed E-state index contributed by atoms with van der Waals surface area (Å²) in [7, 11) is 0. The summed E-state index contributed by atoms with van der Waals surface area (Å²) < 4.78 is 16.0. The molecule has 0 bridgehead atoms. The maximum atomic E-state index is 13.3. The molecular weight excluding hydrogens is 467 g/mol. The molecule has 4 rings (SSSR count). The van der Waals surface area contributed by atoms with Gasteiger partial charge in [0.05, 0.1) is 11.9 Å². The zero-order chi connectivity index (χ0) is 21.1. The minimum atomic E-state index is -0.288. The van der Waals surface area contributed by atoms with Gasteiger partial charge < -0.3 is 5.32 Å². The van der Waals surface area contributed by atoms with Crippen LogP contribution in [0, 0.1) is 12.7 Å². The van der Waals surface area contributed by atoms with Gasteiger partial charge in [0.1, 0.15) is 10.8 Å². The van der Waals surface area contributed by atoms with Crippen LogP contribution in [-0.4, -0.2) is 26.3 Å². The number of carbonyl (C=O) groups excluding carboxylic acids is 1. The fourth-order valence-electron chi connectivity index (χ4n) is 3.02. The van der Waals surface area contributed by atoms with Crippen molar-refractivity contribution >= 4 is 39.2 Å². The third kappa shape index (κ3) is 4.71. The summed E-state index contributed by atoms with van der Waals surface area (Å²) in [5, 5.41) is 8.20. The van der Waals surface area contributed by atoms with Crippen molar-refractivity contribution in [2.75, 3.05) is 5.75 Å². The van der Waals surface area contributed by atoms with Gasteiger partial charge in [-0.2, -0.15) is 5.10 Å². The standard InChI is InChI=1S/C22H18BrFN4OS/c1-14-9-21(30-13-20(29)25-11-15-3-2-4-17(23)10-15)28-22(27-14)19(12-26-28)16-5-7-18(24)8-6-16/h2-10,12H,11,13H2,1H3,(H,25,29). The van der Waals surface area contributed by atoms with E-state index in [1.54, 1.807) is 22.8 Å². The van der Waals surface area contributed by atoms with Crippen molar-refractivity contribution in [3.8, 4) is 11.1 Å². The van der Waals surface area contributed by atoms with E-state index in [0.29, 0.717) is 12.2 Å². The van der Waals surface area contributed by atoms with E-state index in [1.807, 2.05) is 37.3 Å². The molecule has 1 amide bonds. The lowest BCUT2D eigenvalue weighted by atomic mass is 10.1. The number of thioether (sulfide) groups is 1. The highest BCUT2D eigenvalue weighted by Crippen LogP contribution is 2.27. The second-order valence-corrected chi connectivity index (χ2v) is 8.64. The van der Waals surface area contributed by atoms with Crippen LogP contribution in [0.3, 0.4) is 0 Å². The summed E-state index contributed by atoms with van der Waals surface area (Å²) in [6.45, 7) is 2.37. The Bertz CT molecular complexity index is 1210. The summed E-state index contributed by atoms with van der Waals surface area (Å²) >= 11 is 4.83. The molecule has 0 aliphatic carbocycles. The van der Waals surface area contributed by atoms with Gasteiger partial charge in [-0.05, 0) is 48.4 Å². The lowest BCUT2D eigenvalue weighted by molar-refractivity contribution is -0.118. The van der Waals surface area contributed by atoms with Crippen LogP contribution < -0.4 is 5.32 Å². The minimum absolute atomic E-state index is 0.0616. The van der Waals surface area contributed by atoms with E-state index in [0.717, 1.165) is 31.9 Å². The highest BCUT2D eigenvalue weighted by molar-refractivity contribution is 9.10. The van der Waals surface area contributed by atoms with Crippen LogP contribution in [0.25, 0.3) is 16.8 Å². The van der Waals surface area contributed by atoms with Crippen molar-refractivity contribution in [3.63, 3.8) is 0 Å². The third-order valence-corrected chi connectivity index (χ3v) is 5.94. The van der Waals surface area contributed by atoms with Gasteiger partial charge in [-0.25, -0.2) is 13.9 Å². The molecule has 0 saturated carbocycles. The van der Waals surface area contributed by atoms with Crippen LogP contribution in [0.5, 0.6) is 0 Å². The maximum absolute atomic E-state index is 13.3. The minimum Gasteiger partial charge on any atom is -0.351 e. The summed E-state index contributed by atoms with van der Waals surface area (Å²) in [5.74, 6) is -0.0869. The molecule has 5 nitrogen and oxygen atoms in total. The number of aryl methyl sites for hydroxylation is 1. The van der Waals surface area contributed by atoms with Gasteiger partial charge in [0.25, 0.3) is 0 Å². The first-order valence-electron chi connectivity index (χ1n) is 9.25. The van der Waals surface area contributed by atoms with Gasteiger partial charge >= 0.3 is 0 Å². The summed E-state index contributed by atoms with van der Waals surface area (Å²) in [5.41, 5.74) is 4.19. The molecule has 0 radical (unpaired) electrons. The quantitative estimate of drug-likeness (QED) is 0.308. The van der Waals surface area contributed by atoms with Crippen molar-refractivity contribution in [2.45, 2.75) is 18.5 Å². The Morgan fingerprint density at radius 1 is 1.20 bits per heavy atom. The number of nitrogens with one attached hydrogen (secondary N) is 1. The monoisotopic (exact) mass is 484 g/mol. The van der Waals surface area contributed by atoms with Crippen molar-refractivity contribution in [3.05, 3.63) is 82.3 Å². The number of hydrogen-bond donors (Lipinski definition) is 1. The van der Waals surface area contributed by atoms with Crippen molar-refractivity contribution in [2.24, 2.45) is 0 Å². The van der Waals surface area contributed by atoms with Crippen LogP contribution in [0.2, 0.25) is 0 Å². The number of hydrogen-bond acceptors (Lipinski definition) is 4. The number of rotatable bonds is 6. The molecule has 0 aliphatic heterocycles. The zero-order valence-corrected chi connectivity index (χ0v) is 18.5. The fraction of sp³-hybridized carbons (Fsp3) is 0.136. The van der Waals surface area contributed by atoms with E-state index in [-0.39, 0.29) is 17.5 Å². The van der Waals surface area contributed by atoms with Gasteiger partial charge in [-0.1, -0.05) is 52.0 Å². The second-order valence-electron chi connectivity index (χ2n) is 6.73. The topological polar surface area (TPSA) is 59.3 Å². The van der Waals surface area contributed by atoms with Crippen LogP contribution >= 0.6 is 27.7 Å². The summed E-state index contributed by atoms with van der Waals surface area (Å²) in [4.78, 5) is 16.9. The first-order valence-corrected chi connectivity index (χ1v) is 11.0. The van der Waals surface area contributed by atoms with E-state index in [1.165, 1.54) is 23.9 Å². The zero-order valence-electron chi connectivity index (χ0n) is 16.1. The fourth-order valence-corrected chi connectivity index (χ4v) is 4.36. The van der Waals surface area contributed by atoms with Crippen LogP contribution in [0.4, 0.5) is 4.39 Å². The van der Waals surface area contributed by atoms with Crippen LogP contribution in [-0.2, 0) is 11.3 Å². The predicted octanol–water partition coefficient (Wildman–Crippen LogP) is 5.01. The van der Waals surface area contributed by atoms with E-state index >= 15 is 0 Å². The van der Waals surface area contributed by atoms with E-state index in [9.17, 15) is 9.18 Å². The molecule has 2 heterocycles. The van der Waals surface area contributed by atoms with Crippen molar-refractivity contribution < 1.29 is 9.18 Å². The first kappa shape index (κ1) is 20.6. The number of fused-ring (bicyclic) bond motifs is 1. The lowest BCUT2D eigenvalue weighted by Gasteiger charge is -2.08. The molecule has 152 valence electrons. The van der Waals surface area contributed by atoms with Crippen LogP contribution in [0.15, 0.2) is 70.3 Å². The molecule has 0 saturated heterocycles. The molecule has 0 unspecified atom stereocenters. The molecule has 30 heavy (non-hydrogen) atoms. The smallest absolute Gasteiger partial charge is 0.230 e. The van der Waals surface area contributed by atoms with E-state index < -0.39 is 0 Å². The lowest BCUT2D eigenvalue weighted by Crippen LogP contribution is -2.24. The SMILES string of the molecule is Cc1cc(SCC(=O)NCc2cccc(Br)c2)n2ncc(-c3ccc(F)cc3)c2n1. The highest BCUT2D eigenvalue weighted by atomic mass is 79.9. The Hall–Kier alpha value is -2.71. The molecule has 8 heteroatoms. The number of aromatic nitrogens is 3. The molecule has 2 aromatic heterocycles. The number of halogens is 2. The molecule has 4 aromatic rings.